The Labute approximate surface area is 124 Å². The number of amides is 1. The van der Waals surface area contributed by atoms with E-state index in [2.05, 4.69) is 0 Å². The largest absolute Gasteiger partial charge is 0.481 e. The van der Waals surface area contributed by atoms with Crippen LogP contribution in [-0.4, -0.2) is 30.1 Å². The molecule has 0 aliphatic heterocycles. The number of carboxylic acids is 1. The number of para-hydroxylation sites is 1. The maximum absolute atomic E-state index is 12.6. The summed E-state index contributed by atoms with van der Waals surface area (Å²) < 4.78 is 0. The molecule has 5 nitrogen and oxygen atoms in total. The van der Waals surface area contributed by atoms with Gasteiger partial charge in [0.25, 0.3) is 0 Å². The Morgan fingerprint density at radius 3 is 2.38 bits per heavy atom. The zero-order chi connectivity index (χ0) is 15.3. The molecule has 1 aliphatic rings. The molecule has 0 saturated heterocycles. The Morgan fingerprint density at radius 2 is 1.90 bits per heavy atom. The smallest absolute Gasteiger partial charge is 0.305 e. The molecule has 1 aromatic rings. The first kappa shape index (κ1) is 15.5. The van der Waals surface area contributed by atoms with Gasteiger partial charge in [-0.05, 0) is 36.9 Å². The van der Waals surface area contributed by atoms with E-state index in [4.69, 9.17) is 10.8 Å². The number of hydrogen-bond acceptors (Lipinski definition) is 3. The van der Waals surface area contributed by atoms with Crippen LogP contribution < -0.4 is 10.6 Å². The van der Waals surface area contributed by atoms with Gasteiger partial charge >= 0.3 is 5.97 Å². The van der Waals surface area contributed by atoms with E-state index in [1.54, 1.807) is 4.90 Å². The number of benzene rings is 1. The fourth-order valence-electron chi connectivity index (χ4n) is 2.76. The standard InChI is InChI=1S/C16H22N2O3/c17-12-16(8-4-9-16)11-14(19)18(10-7-15(20)21)13-5-2-1-3-6-13/h1-3,5-6H,4,7-12,17H2,(H,20,21). The van der Waals surface area contributed by atoms with Gasteiger partial charge in [0.05, 0.1) is 6.42 Å². The topological polar surface area (TPSA) is 83.6 Å². The number of carbonyl (C=O) groups is 2. The highest BCUT2D eigenvalue weighted by molar-refractivity contribution is 5.94. The van der Waals surface area contributed by atoms with Gasteiger partial charge in [-0.3, -0.25) is 9.59 Å². The van der Waals surface area contributed by atoms with Crippen LogP contribution in [0, 0.1) is 5.41 Å². The fourth-order valence-corrected chi connectivity index (χ4v) is 2.76. The summed E-state index contributed by atoms with van der Waals surface area (Å²) in [6.07, 6.45) is 3.42. The van der Waals surface area contributed by atoms with Gasteiger partial charge in [-0.25, -0.2) is 0 Å². The van der Waals surface area contributed by atoms with Gasteiger partial charge in [0.15, 0.2) is 0 Å². The SMILES string of the molecule is NCC1(CC(=O)N(CCC(=O)O)c2ccccc2)CCC1. The predicted molar refractivity (Wildman–Crippen MR) is 81.0 cm³/mol. The Kier molecular flexibility index (Phi) is 4.96. The Bertz CT molecular complexity index is 492. The van der Waals surface area contributed by atoms with Crippen molar-refractivity contribution in [2.75, 3.05) is 18.0 Å². The molecule has 114 valence electrons. The molecule has 0 heterocycles. The van der Waals surface area contributed by atoms with Crippen LogP contribution in [0.15, 0.2) is 30.3 Å². The van der Waals surface area contributed by atoms with Crippen molar-refractivity contribution in [1.29, 1.82) is 0 Å². The second-order valence-corrected chi connectivity index (χ2v) is 5.76. The van der Waals surface area contributed by atoms with Gasteiger partial charge in [-0.2, -0.15) is 0 Å². The van der Waals surface area contributed by atoms with Crippen LogP contribution in [0.25, 0.3) is 0 Å². The van der Waals surface area contributed by atoms with Gasteiger partial charge < -0.3 is 15.7 Å². The van der Waals surface area contributed by atoms with E-state index in [0.29, 0.717) is 13.0 Å². The van der Waals surface area contributed by atoms with Crippen LogP contribution in [0.3, 0.4) is 0 Å². The monoisotopic (exact) mass is 290 g/mol. The minimum absolute atomic E-state index is 0.0346. The Balaban J connectivity index is 2.10. The first-order valence-corrected chi connectivity index (χ1v) is 7.34. The number of anilines is 1. The Morgan fingerprint density at radius 1 is 1.24 bits per heavy atom. The molecule has 0 bridgehead atoms. The summed E-state index contributed by atoms with van der Waals surface area (Å²) in [4.78, 5) is 25.0. The molecule has 0 spiro atoms. The minimum Gasteiger partial charge on any atom is -0.481 e. The summed E-state index contributed by atoms with van der Waals surface area (Å²) in [5.74, 6) is -0.937. The number of carboxylic acid groups (broad SMARTS) is 1. The van der Waals surface area contributed by atoms with Crippen molar-refractivity contribution in [3.8, 4) is 0 Å². The molecular formula is C16H22N2O3. The highest BCUT2D eigenvalue weighted by atomic mass is 16.4. The van der Waals surface area contributed by atoms with Crippen molar-refractivity contribution in [3.05, 3.63) is 30.3 Å². The summed E-state index contributed by atoms with van der Waals surface area (Å²) in [5, 5.41) is 8.87. The Hall–Kier alpha value is -1.88. The van der Waals surface area contributed by atoms with Crippen LogP contribution in [-0.2, 0) is 9.59 Å². The molecule has 0 atom stereocenters. The molecule has 21 heavy (non-hydrogen) atoms. The number of aliphatic carboxylic acids is 1. The first-order chi connectivity index (χ1) is 10.1. The molecule has 0 aromatic heterocycles. The van der Waals surface area contributed by atoms with E-state index in [9.17, 15) is 9.59 Å². The zero-order valence-corrected chi connectivity index (χ0v) is 12.1. The average molecular weight is 290 g/mol. The molecule has 2 rings (SSSR count). The molecule has 0 unspecified atom stereocenters. The van der Waals surface area contributed by atoms with E-state index in [1.165, 1.54) is 0 Å². The molecule has 1 amide bonds. The fraction of sp³-hybridized carbons (Fsp3) is 0.500. The summed E-state index contributed by atoms with van der Waals surface area (Å²) in [6, 6.07) is 9.22. The second kappa shape index (κ2) is 6.72. The van der Waals surface area contributed by atoms with Crippen molar-refractivity contribution < 1.29 is 14.7 Å². The quantitative estimate of drug-likeness (QED) is 0.804. The van der Waals surface area contributed by atoms with Gasteiger partial charge in [-0.15, -0.1) is 0 Å². The van der Waals surface area contributed by atoms with Crippen molar-refractivity contribution >= 4 is 17.6 Å². The third-order valence-corrected chi connectivity index (χ3v) is 4.29. The zero-order valence-electron chi connectivity index (χ0n) is 12.1. The number of rotatable bonds is 7. The number of nitrogens with two attached hydrogens (primary N) is 1. The third-order valence-electron chi connectivity index (χ3n) is 4.29. The van der Waals surface area contributed by atoms with Crippen molar-refractivity contribution in [2.24, 2.45) is 11.1 Å². The molecule has 1 saturated carbocycles. The lowest BCUT2D eigenvalue weighted by atomic mass is 9.66. The maximum Gasteiger partial charge on any atom is 0.305 e. The summed E-state index contributed by atoms with van der Waals surface area (Å²) in [5.41, 5.74) is 6.48. The number of hydrogen-bond donors (Lipinski definition) is 2. The van der Waals surface area contributed by atoms with E-state index in [-0.39, 0.29) is 24.3 Å². The molecule has 1 aliphatic carbocycles. The lowest BCUT2D eigenvalue weighted by Crippen LogP contribution is -2.44. The van der Waals surface area contributed by atoms with Crippen LogP contribution in [0.4, 0.5) is 5.69 Å². The lowest BCUT2D eigenvalue weighted by molar-refractivity contribution is -0.136. The van der Waals surface area contributed by atoms with Crippen molar-refractivity contribution in [2.45, 2.75) is 32.1 Å². The van der Waals surface area contributed by atoms with Crippen LogP contribution in [0.2, 0.25) is 0 Å². The summed E-state index contributed by atoms with van der Waals surface area (Å²) in [6.45, 7) is 0.707. The number of carbonyl (C=O) groups excluding carboxylic acids is 1. The highest BCUT2D eigenvalue weighted by Crippen LogP contribution is 2.43. The van der Waals surface area contributed by atoms with Crippen LogP contribution in [0.1, 0.15) is 32.1 Å². The highest BCUT2D eigenvalue weighted by Gasteiger charge is 2.38. The van der Waals surface area contributed by atoms with Crippen LogP contribution >= 0.6 is 0 Å². The predicted octanol–water partition coefficient (Wildman–Crippen LogP) is 2.01. The maximum atomic E-state index is 12.6. The van der Waals surface area contributed by atoms with Gasteiger partial charge in [0.1, 0.15) is 0 Å². The molecule has 1 fully saturated rings. The van der Waals surface area contributed by atoms with Gasteiger partial charge in [0.2, 0.25) is 5.91 Å². The van der Waals surface area contributed by atoms with Gasteiger partial charge in [-0.1, -0.05) is 24.6 Å². The molecule has 3 N–H and O–H groups in total. The normalized spacial score (nSPS) is 16.0. The van der Waals surface area contributed by atoms with Crippen LogP contribution in [0.5, 0.6) is 0 Å². The first-order valence-electron chi connectivity index (χ1n) is 7.34. The number of nitrogens with zero attached hydrogens (tertiary/aromatic N) is 1. The second-order valence-electron chi connectivity index (χ2n) is 5.76. The molecular weight excluding hydrogens is 268 g/mol. The lowest BCUT2D eigenvalue weighted by Gasteiger charge is -2.41. The molecule has 5 heteroatoms. The minimum atomic E-state index is -0.902. The van der Waals surface area contributed by atoms with E-state index >= 15 is 0 Å². The van der Waals surface area contributed by atoms with E-state index in [1.807, 2.05) is 30.3 Å². The van der Waals surface area contributed by atoms with Crippen molar-refractivity contribution in [1.82, 2.24) is 0 Å². The third kappa shape index (κ3) is 3.82. The van der Waals surface area contributed by atoms with Gasteiger partial charge in [0, 0.05) is 18.7 Å². The summed E-state index contributed by atoms with van der Waals surface area (Å²) in [7, 11) is 0. The summed E-state index contributed by atoms with van der Waals surface area (Å²) >= 11 is 0. The molecule has 0 radical (unpaired) electrons. The van der Waals surface area contributed by atoms with E-state index < -0.39 is 5.97 Å². The van der Waals surface area contributed by atoms with E-state index in [0.717, 1.165) is 24.9 Å². The average Bonchev–Trinajstić information content (AvgIpc) is 2.44. The molecule has 1 aromatic carbocycles. The van der Waals surface area contributed by atoms with Crippen molar-refractivity contribution in [3.63, 3.8) is 0 Å².